The number of nitrogens with two attached hydrogens (primary N) is 1. The van der Waals surface area contributed by atoms with Crippen molar-refractivity contribution in [2.75, 3.05) is 0 Å². The van der Waals surface area contributed by atoms with Gasteiger partial charge in [0, 0.05) is 16.7 Å². The normalized spacial score (nSPS) is 16.2. The molecule has 1 aliphatic rings. The minimum atomic E-state index is -3.92. The van der Waals surface area contributed by atoms with Crippen LogP contribution in [0.15, 0.2) is 29.2 Å². The van der Waals surface area contributed by atoms with Crippen LogP contribution in [0, 0.1) is 13.8 Å². The van der Waals surface area contributed by atoms with Crippen LogP contribution >= 0.6 is 0 Å². The first-order valence-corrected chi connectivity index (χ1v) is 9.74. The summed E-state index contributed by atoms with van der Waals surface area (Å²) in [5.74, 6) is 0.807. The van der Waals surface area contributed by atoms with Crippen molar-refractivity contribution in [3.63, 3.8) is 0 Å². The molecule has 0 atom stereocenters. The van der Waals surface area contributed by atoms with Crippen LogP contribution < -0.4 is 9.88 Å². The number of primary sulfonamides is 1. The van der Waals surface area contributed by atoms with Gasteiger partial charge < -0.3 is 9.84 Å². The predicted octanol–water partition coefficient (Wildman–Crippen LogP) is 3.43. The van der Waals surface area contributed by atoms with Crippen molar-refractivity contribution in [1.82, 2.24) is 0 Å². The lowest BCUT2D eigenvalue weighted by molar-refractivity contribution is 0.0836. The van der Waals surface area contributed by atoms with Gasteiger partial charge in [-0.3, -0.25) is 0 Å². The second-order valence-electron chi connectivity index (χ2n) is 7.18. The van der Waals surface area contributed by atoms with Crippen molar-refractivity contribution in [2.24, 2.45) is 5.14 Å². The second-order valence-corrected chi connectivity index (χ2v) is 8.71. The van der Waals surface area contributed by atoms with Gasteiger partial charge in [-0.15, -0.1) is 0 Å². The molecular formula is C19H23NO4S. The third-order valence-electron chi connectivity index (χ3n) is 4.89. The summed E-state index contributed by atoms with van der Waals surface area (Å²) in [6.07, 6.45) is 1.46. The largest absolute Gasteiger partial charge is 0.507 e. The number of benzene rings is 2. The van der Waals surface area contributed by atoms with Crippen LogP contribution in [0.5, 0.6) is 11.5 Å². The van der Waals surface area contributed by atoms with Gasteiger partial charge in [0.15, 0.2) is 0 Å². The molecule has 6 heteroatoms. The molecular weight excluding hydrogens is 338 g/mol. The molecule has 0 unspecified atom stereocenters. The number of hydrogen-bond acceptors (Lipinski definition) is 4. The highest BCUT2D eigenvalue weighted by molar-refractivity contribution is 7.89. The number of rotatable bonds is 2. The molecule has 0 saturated carbocycles. The smallest absolute Gasteiger partial charge is 0.238 e. The van der Waals surface area contributed by atoms with E-state index in [4.69, 9.17) is 9.88 Å². The molecule has 5 nitrogen and oxygen atoms in total. The summed E-state index contributed by atoms with van der Waals surface area (Å²) in [6, 6.07) is 6.48. The van der Waals surface area contributed by atoms with E-state index < -0.39 is 10.0 Å². The number of ether oxygens (including phenoxy) is 1. The summed E-state index contributed by atoms with van der Waals surface area (Å²) < 4.78 is 30.2. The summed E-state index contributed by atoms with van der Waals surface area (Å²) in [6.45, 7) is 7.76. The Bertz CT molecular complexity index is 962. The van der Waals surface area contributed by atoms with Crippen molar-refractivity contribution in [2.45, 2.75) is 51.0 Å². The van der Waals surface area contributed by atoms with E-state index in [1.54, 1.807) is 25.1 Å². The van der Waals surface area contributed by atoms with Gasteiger partial charge in [-0.05, 0) is 57.7 Å². The minimum absolute atomic E-state index is 0.000543. The molecule has 1 heterocycles. The highest BCUT2D eigenvalue weighted by Gasteiger charge is 2.33. The van der Waals surface area contributed by atoms with Gasteiger partial charge in [0.1, 0.15) is 17.1 Å². The van der Waals surface area contributed by atoms with Crippen LogP contribution in [0.4, 0.5) is 0 Å². The van der Waals surface area contributed by atoms with E-state index in [0.717, 1.165) is 23.3 Å². The molecule has 1 aliphatic heterocycles. The molecule has 0 aliphatic carbocycles. The Morgan fingerprint density at radius 3 is 2.44 bits per heavy atom. The van der Waals surface area contributed by atoms with Crippen molar-refractivity contribution in [1.29, 1.82) is 0 Å². The number of hydrogen-bond donors (Lipinski definition) is 2. The first kappa shape index (κ1) is 17.8. The molecule has 134 valence electrons. The first-order chi connectivity index (χ1) is 11.5. The average Bonchev–Trinajstić information content (AvgIpc) is 2.53. The SMILES string of the molecule is Cc1c(C)c2c(c(-c3ccccc3S(N)(=O)=O)c1O)CCC(C)(C)O2. The molecule has 2 aromatic rings. The van der Waals surface area contributed by atoms with Crippen molar-refractivity contribution < 1.29 is 18.3 Å². The third kappa shape index (κ3) is 3.00. The van der Waals surface area contributed by atoms with Gasteiger partial charge in [-0.1, -0.05) is 18.2 Å². The molecule has 0 amide bonds. The number of sulfonamides is 1. The number of phenolic OH excluding ortho intramolecular Hbond substituents is 1. The van der Waals surface area contributed by atoms with Crippen molar-refractivity contribution >= 4 is 10.0 Å². The maximum absolute atomic E-state index is 12.0. The summed E-state index contributed by atoms with van der Waals surface area (Å²) in [5, 5.41) is 16.2. The second kappa shape index (κ2) is 5.75. The predicted molar refractivity (Wildman–Crippen MR) is 97.4 cm³/mol. The molecule has 0 radical (unpaired) electrons. The van der Waals surface area contributed by atoms with E-state index in [0.29, 0.717) is 23.1 Å². The monoisotopic (exact) mass is 361 g/mol. The number of aromatic hydroxyl groups is 1. The lowest BCUT2D eigenvalue weighted by atomic mass is 9.85. The minimum Gasteiger partial charge on any atom is -0.507 e. The van der Waals surface area contributed by atoms with E-state index in [9.17, 15) is 13.5 Å². The lowest BCUT2D eigenvalue weighted by Crippen LogP contribution is -2.33. The van der Waals surface area contributed by atoms with Crippen LogP contribution in [-0.2, 0) is 16.4 Å². The Morgan fingerprint density at radius 2 is 1.80 bits per heavy atom. The number of phenols is 1. The summed E-state index contributed by atoms with van der Waals surface area (Å²) in [5.41, 5.74) is 2.98. The molecule has 0 fully saturated rings. The average molecular weight is 361 g/mol. The highest BCUT2D eigenvalue weighted by atomic mass is 32.2. The Kier molecular flexibility index (Phi) is 4.08. The van der Waals surface area contributed by atoms with Crippen LogP contribution in [0.25, 0.3) is 11.1 Å². The summed E-state index contributed by atoms with van der Waals surface area (Å²) >= 11 is 0. The fourth-order valence-electron chi connectivity index (χ4n) is 3.36. The van der Waals surface area contributed by atoms with E-state index in [-0.39, 0.29) is 16.2 Å². The van der Waals surface area contributed by atoms with Crippen molar-refractivity contribution in [3.05, 3.63) is 41.0 Å². The maximum atomic E-state index is 12.0. The third-order valence-corrected chi connectivity index (χ3v) is 5.86. The molecule has 3 rings (SSSR count). The topological polar surface area (TPSA) is 89.6 Å². The van der Waals surface area contributed by atoms with Gasteiger partial charge in [0.25, 0.3) is 0 Å². The standard InChI is InChI=1S/C19H23NO4S/c1-11-12(2)18-14(9-10-19(3,4)24-18)16(17(11)21)13-7-5-6-8-15(13)25(20,22)23/h5-8,21H,9-10H2,1-4H3,(H2,20,22,23). The van der Waals surface area contributed by atoms with E-state index in [1.807, 2.05) is 20.8 Å². The zero-order chi connectivity index (χ0) is 18.6. The lowest BCUT2D eigenvalue weighted by Gasteiger charge is -2.35. The Morgan fingerprint density at radius 1 is 1.16 bits per heavy atom. The fourth-order valence-corrected chi connectivity index (χ4v) is 4.10. The molecule has 3 N–H and O–H groups in total. The van der Waals surface area contributed by atoms with E-state index >= 15 is 0 Å². The molecule has 2 aromatic carbocycles. The molecule has 0 saturated heterocycles. The van der Waals surface area contributed by atoms with Gasteiger partial charge in [-0.25, -0.2) is 13.6 Å². The Hall–Kier alpha value is -2.05. The van der Waals surface area contributed by atoms with Crippen LogP contribution in [0.3, 0.4) is 0 Å². The fraction of sp³-hybridized carbons (Fsp3) is 0.368. The Labute approximate surface area is 148 Å². The van der Waals surface area contributed by atoms with Crippen molar-refractivity contribution in [3.8, 4) is 22.6 Å². The van der Waals surface area contributed by atoms with Crippen LogP contribution in [0.2, 0.25) is 0 Å². The zero-order valence-electron chi connectivity index (χ0n) is 14.9. The zero-order valence-corrected chi connectivity index (χ0v) is 15.7. The first-order valence-electron chi connectivity index (χ1n) is 8.19. The van der Waals surface area contributed by atoms with Gasteiger partial charge in [-0.2, -0.15) is 0 Å². The summed E-state index contributed by atoms with van der Waals surface area (Å²) in [7, 11) is -3.92. The molecule has 0 bridgehead atoms. The Balaban J connectivity index is 2.39. The highest BCUT2D eigenvalue weighted by Crippen LogP contribution is 2.48. The summed E-state index contributed by atoms with van der Waals surface area (Å²) in [4.78, 5) is 0.000543. The number of fused-ring (bicyclic) bond motifs is 1. The maximum Gasteiger partial charge on any atom is 0.238 e. The van der Waals surface area contributed by atoms with Gasteiger partial charge in [0.05, 0.1) is 4.90 Å². The quantitative estimate of drug-likeness (QED) is 0.857. The molecule has 0 spiro atoms. The molecule has 25 heavy (non-hydrogen) atoms. The van der Waals surface area contributed by atoms with E-state index in [2.05, 4.69) is 0 Å². The van der Waals surface area contributed by atoms with Gasteiger partial charge >= 0.3 is 0 Å². The van der Waals surface area contributed by atoms with Gasteiger partial charge in [0.2, 0.25) is 10.0 Å². The molecule has 0 aromatic heterocycles. The van der Waals surface area contributed by atoms with Crippen LogP contribution in [0.1, 0.15) is 37.0 Å². The van der Waals surface area contributed by atoms with E-state index in [1.165, 1.54) is 6.07 Å². The van der Waals surface area contributed by atoms with Crippen LogP contribution in [-0.4, -0.2) is 19.1 Å².